The van der Waals surface area contributed by atoms with Crippen LogP contribution in [0.25, 0.3) is 0 Å². The topological polar surface area (TPSA) is 39.4 Å². The Kier molecular flexibility index (Phi) is 4.68. The van der Waals surface area contributed by atoms with E-state index < -0.39 is 0 Å². The molecule has 0 saturated carbocycles. The van der Waals surface area contributed by atoms with Crippen molar-refractivity contribution in [3.05, 3.63) is 53.5 Å². The summed E-state index contributed by atoms with van der Waals surface area (Å²) in [5.74, 6) is 2.72. The van der Waals surface area contributed by atoms with Gasteiger partial charge in [0.2, 0.25) is 0 Å². The van der Waals surface area contributed by atoms with E-state index in [9.17, 15) is 4.79 Å². The molecule has 0 amide bonds. The SMILES string of the molecule is COc1cc(C)ccc1C(=O)CSCc1ccco1. The second kappa shape index (κ2) is 6.48. The minimum Gasteiger partial charge on any atom is -0.496 e. The number of carbonyl (C=O) groups is 1. The van der Waals surface area contributed by atoms with Crippen molar-refractivity contribution in [2.45, 2.75) is 12.7 Å². The maximum atomic E-state index is 12.1. The van der Waals surface area contributed by atoms with Crippen LogP contribution in [0, 0.1) is 6.92 Å². The van der Waals surface area contributed by atoms with Crippen LogP contribution in [0.5, 0.6) is 5.75 Å². The summed E-state index contributed by atoms with van der Waals surface area (Å²) in [7, 11) is 1.58. The highest BCUT2D eigenvalue weighted by Crippen LogP contribution is 2.22. The molecule has 100 valence electrons. The number of thioether (sulfide) groups is 1. The molecule has 0 saturated heterocycles. The fourth-order valence-electron chi connectivity index (χ4n) is 1.75. The van der Waals surface area contributed by atoms with E-state index >= 15 is 0 Å². The molecular formula is C15H16O3S. The van der Waals surface area contributed by atoms with Gasteiger partial charge in [-0.05, 0) is 36.8 Å². The molecule has 1 aromatic carbocycles. The highest BCUT2D eigenvalue weighted by molar-refractivity contribution is 7.99. The van der Waals surface area contributed by atoms with Crippen LogP contribution in [0.1, 0.15) is 21.7 Å². The van der Waals surface area contributed by atoms with Crippen molar-refractivity contribution in [2.75, 3.05) is 12.9 Å². The number of hydrogen-bond donors (Lipinski definition) is 0. The molecule has 2 aromatic rings. The van der Waals surface area contributed by atoms with E-state index in [0.29, 0.717) is 22.8 Å². The second-order valence-corrected chi connectivity index (χ2v) is 5.18. The Hall–Kier alpha value is -1.68. The molecule has 3 nitrogen and oxygen atoms in total. The number of hydrogen-bond acceptors (Lipinski definition) is 4. The van der Waals surface area contributed by atoms with Gasteiger partial charge in [-0.25, -0.2) is 0 Å². The number of carbonyl (C=O) groups excluding carboxylic acids is 1. The largest absolute Gasteiger partial charge is 0.496 e. The Morgan fingerprint density at radius 2 is 2.21 bits per heavy atom. The molecule has 0 bridgehead atoms. The summed E-state index contributed by atoms with van der Waals surface area (Å²) in [4.78, 5) is 12.1. The average Bonchev–Trinajstić information content (AvgIpc) is 2.91. The van der Waals surface area contributed by atoms with Crippen LogP contribution in [0.3, 0.4) is 0 Å². The zero-order chi connectivity index (χ0) is 13.7. The lowest BCUT2D eigenvalue weighted by Gasteiger charge is -2.08. The van der Waals surface area contributed by atoms with Gasteiger partial charge in [0.25, 0.3) is 0 Å². The summed E-state index contributed by atoms with van der Waals surface area (Å²) in [6, 6.07) is 9.38. The first-order valence-corrected chi connectivity index (χ1v) is 7.14. The molecule has 19 heavy (non-hydrogen) atoms. The highest BCUT2D eigenvalue weighted by atomic mass is 32.2. The van der Waals surface area contributed by atoms with E-state index in [0.717, 1.165) is 11.3 Å². The van der Waals surface area contributed by atoms with Crippen LogP contribution >= 0.6 is 11.8 Å². The molecule has 0 aliphatic carbocycles. The van der Waals surface area contributed by atoms with Gasteiger partial charge in [-0.3, -0.25) is 4.79 Å². The summed E-state index contributed by atoms with van der Waals surface area (Å²) in [5.41, 5.74) is 1.72. The molecule has 0 radical (unpaired) electrons. The van der Waals surface area contributed by atoms with E-state index in [-0.39, 0.29) is 5.78 Å². The zero-order valence-corrected chi connectivity index (χ0v) is 11.8. The van der Waals surface area contributed by atoms with Crippen LogP contribution in [-0.2, 0) is 5.75 Å². The Bertz CT molecular complexity index is 547. The molecule has 0 spiro atoms. The number of rotatable bonds is 6. The molecule has 1 heterocycles. The maximum Gasteiger partial charge on any atom is 0.176 e. The Balaban J connectivity index is 1.96. The average molecular weight is 276 g/mol. The standard InChI is InChI=1S/C15H16O3S/c1-11-5-6-13(15(8-11)17-2)14(16)10-19-9-12-4-3-7-18-12/h3-8H,9-10H2,1-2H3. The minimum atomic E-state index is 0.0772. The molecule has 0 N–H and O–H groups in total. The fraction of sp³-hybridized carbons (Fsp3) is 0.267. The molecule has 0 aliphatic heterocycles. The lowest BCUT2D eigenvalue weighted by Crippen LogP contribution is -2.05. The maximum absolute atomic E-state index is 12.1. The predicted molar refractivity (Wildman–Crippen MR) is 76.9 cm³/mol. The predicted octanol–water partition coefficient (Wildman–Crippen LogP) is 3.71. The molecule has 0 unspecified atom stereocenters. The van der Waals surface area contributed by atoms with Gasteiger partial charge in [0, 0.05) is 0 Å². The van der Waals surface area contributed by atoms with Gasteiger partial charge in [-0.1, -0.05) is 6.07 Å². The first-order valence-electron chi connectivity index (χ1n) is 5.98. The summed E-state index contributed by atoms with van der Waals surface area (Å²) >= 11 is 1.54. The smallest absolute Gasteiger partial charge is 0.176 e. The van der Waals surface area contributed by atoms with Gasteiger partial charge < -0.3 is 9.15 Å². The fourth-order valence-corrected chi connectivity index (χ4v) is 2.55. The van der Waals surface area contributed by atoms with Crippen molar-refractivity contribution in [3.8, 4) is 5.75 Å². The van der Waals surface area contributed by atoms with Gasteiger partial charge in [0.15, 0.2) is 5.78 Å². The monoisotopic (exact) mass is 276 g/mol. The van der Waals surface area contributed by atoms with E-state index in [4.69, 9.17) is 9.15 Å². The van der Waals surface area contributed by atoms with Crippen LogP contribution < -0.4 is 4.74 Å². The third-order valence-corrected chi connectivity index (χ3v) is 3.67. The minimum absolute atomic E-state index is 0.0772. The quantitative estimate of drug-likeness (QED) is 0.754. The van der Waals surface area contributed by atoms with Crippen LogP contribution in [0.2, 0.25) is 0 Å². The van der Waals surface area contributed by atoms with Crippen LogP contribution in [0.15, 0.2) is 41.0 Å². The van der Waals surface area contributed by atoms with E-state index in [1.165, 1.54) is 11.8 Å². The van der Waals surface area contributed by atoms with Crippen molar-refractivity contribution < 1.29 is 13.9 Å². The Labute approximate surface area is 117 Å². The number of Topliss-reactive ketones (excluding diaryl/α,β-unsaturated/α-hetero) is 1. The number of benzene rings is 1. The molecule has 1 aromatic heterocycles. The third-order valence-electron chi connectivity index (χ3n) is 2.72. The van der Waals surface area contributed by atoms with Gasteiger partial charge in [0.05, 0.1) is 30.4 Å². The summed E-state index contributed by atoms with van der Waals surface area (Å²) in [5, 5.41) is 0. The first kappa shape index (κ1) is 13.7. The zero-order valence-electron chi connectivity index (χ0n) is 11.0. The molecular weight excluding hydrogens is 260 g/mol. The Morgan fingerprint density at radius 1 is 1.37 bits per heavy atom. The molecule has 0 atom stereocenters. The summed E-state index contributed by atoms with van der Waals surface area (Å²) < 4.78 is 10.5. The van der Waals surface area contributed by atoms with Crippen molar-refractivity contribution in [1.82, 2.24) is 0 Å². The van der Waals surface area contributed by atoms with E-state index in [1.54, 1.807) is 13.4 Å². The van der Waals surface area contributed by atoms with E-state index in [1.807, 2.05) is 37.3 Å². The van der Waals surface area contributed by atoms with Crippen LogP contribution in [-0.4, -0.2) is 18.6 Å². The summed E-state index contributed by atoms with van der Waals surface area (Å²) in [6.07, 6.45) is 1.64. The first-order chi connectivity index (χ1) is 9.20. The molecule has 0 fully saturated rings. The lowest BCUT2D eigenvalue weighted by atomic mass is 10.1. The number of aryl methyl sites for hydroxylation is 1. The second-order valence-electron chi connectivity index (χ2n) is 4.20. The van der Waals surface area contributed by atoms with Gasteiger partial charge >= 0.3 is 0 Å². The van der Waals surface area contributed by atoms with Gasteiger partial charge in [-0.15, -0.1) is 11.8 Å². The molecule has 4 heteroatoms. The normalized spacial score (nSPS) is 10.4. The van der Waals surface area contributed by atoms with Crippen molar-refractivity contribution >= 4 is 17.5 Å². The number of ether oxygens (including phenoxy) is 1. The van der Waals surface area contributed by atoms with Crippen molar-refractivity contribution in [1.29, 1.82) is 0 Å². The van der Waals surface area contributed by atoms with Crippen LogP contribution in [0.4, 0.5) is 0 Å². The lowest BCUT2D eigenvalue weighted by molar-refractivity contribution is 0.101. The molecule has 2 rings (SSSR count). The van der Waals surface area contributed by atoms with E-state index in [2.05, 4.69) is 0 Å². The molecule has 0 aliphatic rings. The number of ketones is 1. The van der Waals surface area contributed by atoms with Gasteiger partial charge in [0.1, 0.15) is 11.5 Å². The number of furan rings is 1. The Morgan fingerprint density at radius 3 is 2.89 bits per heavy atom. The highest BCUT2D eigenvalue weighted by Gasteiger charge is 2.12. The summed E-state index contributed by atoms with van der Waals surface area (Å²) in [6.45, 7) is 1.97. The van der Waals surface area contributed by atoms with Gasteiger partial charge in [-0.2, -0.15) is 0 Å². The third kappa shape index (κ3) is 3.64. The van der Waals surface area contributed by atoms with Crippen molar-refractivity contribution in [3.63, 3.8) is 0 Å². The number of methoxy groups -OCH3 is 1. The van der Waals surface area contributed by atoms with Crippen molar-refractivity contribution in [2.24, 2.45) is 0 Å².